The zero-order valence-electron chi connectivity index (χ0n) is 8.85. The van der Waals surface area contributed by atoms with Crippen LogP contribution in [0.1, 0.15) is 0 Å². The van der Waals surface area contributed by atoms with Crippen LogP contribution >= 0.6 is 15.9 Å². The van der Waals surface area contributed by atoms with Gasteiger partial charge >= 0.3 is 0 Å². The average Bonchev–Trinajstić information content (AvgIpc) is 2.71. The van der Waals surface area contributed by atoms with Crippen LogP contribution in [0, 0.1) is 0 Å². The highest BCUT2D eigenvalue weighted by atomic mass is 79.9. The molecule has 0 aliphatic carbocycles. The molecule has 3 rings (SSSR count). The van der Waals surface area contributed by atoms with Crippen molar-refractivity contribution in [2.24, 2.45) is 0 Å². The summed E-state index contributed by atoms with van der Waals surface area (Å²) in [5.74, 6) is 0.765. The lowest BCUT2D eigenvalue weighted by Crippen LogP contribution is -1.82. The molecule has 0 unspecified atom stereocenters. The van der Waals surface area contributed by atoms with E-state index in [1.165, 1.54) is 0 Å². The Labute approximate surface area is 106 Å². The molecule has 0 fully saturated rings. The minimum atomic E-state index is 0.687. The second-order valence-corrected chi connectivity index (χ2v) is 4.71. The Morgan fingerprint density at radius 2 is 2.00 bits per heavy atom. The lowest BCUT2D eigenvalue weighted by atomic mass is 10.1. The fourth-order valence-electron chi connectivity index (χ4n) is 1.80. The molecule has 0 amide bonds. The molecule has 2 aromatic carbocycles. The van der Waals surface area contributed by atoms with E-state index < -0.39 is 0 Å². The van der Waals surface area contributed by atoms with E-state index in [0.29, 0.717) is 5.69 Å². The van der Waals surface area contributed by atoms with Gasteiger partial charge in [-0.15, -0.1) is 0 Å². The van der Waals surface area contributed by atoms with Crippen molar-refractivity contribution < 1.29 is 4.52 Å². The number of nitrogen functional groups attached to an aromatic ring is 1. The van der Waals surface area contributed by atoms with Gasteiger partial charge < -0.3 is 10.3 Å². The van der Waals surface area contributed by atoms with Gasteiger partial charge in [-0.05, 0) is 30.3 Å². The minimum absolute atomic E-state index is 0.687. The van der Waals surface area contributed by atoms with Crippen molar-refractivity contribution >= 4 is 32.5 Å². The number of anilines is 1. The smallest absolute Gasteiger partial charge is 0.174 e. The molecule has 0 atom stereocenters. The summed E-state index contributed by atoms with van der Waals surface area (Å²) in [6.45, 7) is 0. The first-order chi connectivity index (χ1) is 8.24. The Morgan fingerprint density at radius 1 is 1.12 bits per heavy atom. The number of benzene rings is 2. The Hall–Kier alpha value is -1.81. The van der Waals surface area contributed by atoms with Crippen molar-refractivity contribution in [2.45, 2.75) is 0 Å². The molecular weight excluding hydrogens is 280 g/mol. The monoisotopic (exact) mass is 288 g/mol. The van der Waals surface area contributed by atoms with Crippen molar-refractivity contribution in [2.75, 3.05) is 5.73 Å². The highest BCUT2D eigenvalue weighted by Crippen LogP contribution is 2.30. The highest BCUT2D eigenvalue weighted by Gasteiger charge is 2.10. The maximum absolute atomic E-state index is 5.71. The fraction of sp³-hybridized carbons (Fsp3) is 0. The summed E-state index contributed by atoms with van der Waals surface area (Å²) in [5, 5.41) is 4.98. The van der Waals surface area contributed by atoms with Crippen molar-refractivity contribution in [3.05, 3.63) is 46.9 Å². The van der Waals surface area contributed by atoms with Crippen LogP contribution in [0.4, 0.5) is 5.69 Å². The molecule has 0 aliphatic rings. The summed E-state index contributed by atoms with van der Waals surface area (Å²) < 4.78 is 6.39. The van der Waals surface area contributed by atoms with E-state index in [9.17, 15) is 0 Å². The van der Waals surface area contributed by atoms with Crippen LogP contribution in [0.5, 0.6) is 0 Å². The summed E-state index contributed by atoms with van der Waals surface area (Å²) in [6.07, 6.45) is 0. The summed E-state index contributed by atoms with van der Waals surface area (Å²) >= 11 is 3.44. The minimum Gasteiger partial charge on any atom is -0.399 e. The molecular formula is C13H9BrN2O. The number of rotatable bonds is 1. The third-order valence-corrected chi connectivity index (χ3v) is 3.08. The SMILES string of the molecule is Nc1ccc2c(-c3cccc(Br)c3)onc2c1. The molecule has 1 aromatic heterocycles. The lowest BCUT2D eigenvalue weighted by Gasteiger charge is -1.97. The Bertz CT molecular complexity index is 691. The van der Waals surface area contributed by atoms with Crippen LogP contribution in [-0.2, 0) is 0 Å². The number of halogens is 1. The maximum Gasteiger partial charge on any atom is 0.174 e. The highest BCUT2D eigenvalue weighted by molar-refractivity contribution is 9.10. The number of fused-ring (bicyclic) bond motifs is 1. The lowest BCUT2D eigenvalue weighted by molar-refractivity contribution is 0.441. The van der Waals surface area contributed by atoms with Gasteiger partial charge in [0, 0.05) is 21.1 Å². The second kappa shape index (κ2) is 3.89. The van der Waals surface area contributed by atoms with Crippen molar-refractivity contribution in [3.8, 4) is 11.3 Å². The first-order valence-corrected chi connectivity index (χ1v) is 5.94. The van der Waals surface area contributed by atoms with Gasteiger partial charge in [0.05, 0.1) is 0 Å². The molecule has 0 spiro atoms. The molecule has 84 valence electrons. The normalized spacial score (nSPS) is 10.9. The van der Waals surface area contributed by atoms with Crippen LogP contribution in [0.2, 0.25) is 0 Å². The molecule has 0 bridgehead atoms. The predicted octanol–water partition coefficient (Wildman–Crippen LogP) is 3.84. The first-order valence-electron chi connectivity index (χ1n) is 5.15. The molecule has 2 N–H and O–H groups in total. The Balaban J connectivity index is 2.24. The molecule has 0 saturated carbocycles. The summed E-state index contributed by atoms with van der Waals surface area (Å²) in [7, 11) is 0. The van der Waals surface area contributed by atoms with Gasteiger partial charge in [0.1, 0.15) is 5.52 Å². The van der Waals surface area contributed by atoms with Gasteiger partial charge in [0.15, 0.2) is 5.76 Å². The van der Waals surface area contributed by atoms with Crippen LogP contribution in [0.3, 0.4) is 0 Å². The molecule has 4 heteroatoms. The second-order valence-electron chi connectivity index (χ2n) is 3.80. The molecule has 3 aromatic rings. The van der Waals surface area contributed by atoms with Gasteiger partial charge in [-0.1, -0.05) is 33.2 Å². The summed E-state index contributed by atoms with van der Waals surface area (Å²) in [6, 6.07) is 13.5. The molecule has 0 radical (unpaired) electrons. The van der Waals surface area contributed by atoms with E-state index in [1.807, 2.05) is 36.4 Å². The number of nitrogens with zero attached hydrogens (tertiary/aromatic N) is 1. The van der Waals surface area contributed by atoms with Crippen molar-refractivity contribution in [3.63, 3.8) is 0 Å². The summed E-state index contributed by atoms with van der Waals surface area (Å²) in [4.78, 5) is 0. The van der Waals surface area contributed by atoms with Crippen molar-refractivity contribution in [1.82, 2.24) is 5.16 Å². The molecule has 3 nitrogen and oxygen atoms in total. The van der Waals surface area contributed by atoms with Crippen LogP contribution in [0.15, 0.2) is 51.5 Å². The maximum atomic E-state index is 5.71. The van der Waals surface area contributed by atoms with Crippen molar-refractivity contribution in [1.29, 1.82) is 0 Å². The predicted molar refractivity (Wildman–Crippen MR) is 71.6 cm³/mol. The van der Waals surface area contributed by atoms with Gasteiger partial charge in [-0.2, -0.15) is 0 Å². The zero-order valence-corrected chi connectivity index (χ0v) is 10.4. The quantitative estimate of drug-likeness (QED) is 0.692. The van der Waals surface area contributed by atoms with Crippen LogP contribution in [-0.4, -0.2) is 5.16 Å². The average molecular weight is 289 g/mol. The fourth-order valence-corrected chi connectivity index (χ4v) is 2.20. The number of nitrogens with two attached hydrogens (primary N) is 1. The topological polar surface area (TPSA) is 52.0 Å². The van der Waals surface area contributed by atoms with E-state index in [4.69, 9.17) is 10.3 Å². The first kappa shape index (κ1) is 10.4. The van der Waals surface area contributed by atoms with Crippen LogP contribution in [0.25, 0.3) is 22.2 Å². The number of hydrogen-bond acceptors (Lipinski definition) is 3. The molecule has 1 heterocycles. The molecule has 17 heavy (non-hydrogen) atoms. The van der Waals surface area contributed by atoms with Gasteiger partial charge in [-0.3, -0.25) is 0 Å². The van der Waals surface area contributed by atoms with Crippen LogP contribution < -0.4 is 5.73 Å². The number of aromatic nitrogens is 1. The van der Waals surface area contributed by atoms with E-state index in [-0.39, 0.29) is 0 Å². The molecule has 0 saturated heterocycles. The third-order valence-electron chi connectivity index (χ3n) is 2.59. The van der Waals surface area contributed by atoms with Gasteiger partial charge in [0.2, 0.25) is 0 Å². The third kappa shape index (κ3) is 1.80. The Morgan fingerprint density at radius 3 is 2.82 bits per heavy atom. The van der Waals surface area contributed by atoms with E-state index in [1.54, 1.807) is 6.07 Å². The van der Waals surface area contributed by atoms with Gasteiger partial charge in [-0.25, -0.2) is 0 Å². The standard InChI is InChI=1S/C13H9BrN2O/c14-9-3-1-2-8(6-9)13-11-5-4-10(15)7-12(11)16-17-13/h1-7H,15H2. The largest absolute Gasteiger partial charge is 0.399 e. The van der Waals surface area contributed by atoms with Gasteiger partial charge in [0.25, 0.3) is 0 Å². The number of hydrogen-bond donors (Lipinski definition) is 1. The summed E-state index contributed by atoms with van der Waals surface area (Å²) in [5.41, 5.74) is 8.16. The molecule has 0 aliphatic heterocycles. The zero-order chi connectivity index (χ0) is 11.8. The van der Waals surface area contributed by atoms with E-state index in [2.05, 4.69) is 21.1 Å². The van der Waals surface area contributed by atoms with E-state index in [0.717, 1.165) is 26.7 Å². The Kier molecular flexibility index (Phi) is 2.37. The van der Waals surface area contributed by atoms with E-state index >= 15 is 0 Å².